The van der Waals surface area contributed by atoms with Gasteiger partial charge < -0.3 is 20.3 Å². The molecule has 0 radical (unpaired) electrons. The summed E-state index contributed by atoms with van der Waals surface area (Å²) in [6, 6.07) is 2.72. The van der Waals surface area contributed by atoms with Crippen molar-refractivity contribution in [2.45, 2.75) is 63.2 Å². The van der Waals surface area contributed by atoms with Crippen molar-refractivity contribution in [3.63, 3.8) is 0 Å². The number of rotatable bonds is 3. The highest BCUT2D eigenvalue weighted by Crippen LogP contribution is 2.31. The molecule has 5 atom stereocenters. The van der Waals surface area contributed by atoms with Crippen LogP contribution in [0.3, 0.4) is 0 Å². The number of halogens is 1. The van der Waals surface area contributed by atoms with Crippen LogP contribution in [0.5, 0.6) is 0 Å². The quantitative estimate of drug-likeness (QED) is 0.830. The SMILES string of the molecule is CC1CC(NC2CCCC2C2COCCN2)CCN1C.Cl. The van der Waals surface area contributed by atoms with E-state index in [0.29, 0.717) is 12.1 Å². The van der Waals surface area contributed by atoms with Crippen LogP contribution in [-0.2, 0) is 4.74 Å². The van der Waals surface area contributed by atoms with Gasteiger partial charge in [-0.3, -0.25) is 0 Å². The second-order valence-corrected chi connectivity index (χ2v) is 7.05. The lowest BCUT2D eigenvalue weighted by Crippen LogP contribution is -2.54. The second-order valence-electron chi connectivity index (χ2n) is 7.05. The predicted molar refractivity (Wildman–Crippen MR) is 89.2 cm³/mol. The molecule has 3 rings (SSSR count). The highest BCUT2D eigenvalue weighted by Gasteiger charge is 2.36. The average Bonchev–Trinajstić information content (AvgIpc) is 2.92. The Morgan fingerprint density at radius 3 is 2.81 bits per heavy atom. The molecule has 5 heteroatoms. The van der Waals surface area contributed by atoms with E-state index in [1.165, 1.54) is 38.6 Å². The van der Waals surface area contributed by atoms with E-state index in [2.05, 4.69) is 29.5 Å². The molecule has 124 valence electrons. The standard InChI is InChI=1S/C16H31N3O.ClH/c1-12-10-13(6-8-19(12)2)18-15-5-3-4-14(15)16-11-20-9-7-17-16;/h12-18H,3-11H2,1-2H3;1H. The van der Waals surface area contributed by atoms with E-state index in [-0.39, 0.29) is 12.4 Å². The molecule has 3 fully saturated rings. The summed E-state index contributed by atoms with van der Waals surface area (Å²) in [6.07, 6.45) is 6.69. The Labute approximate surface area is 135 Å². The molecule has 1 saturated carbocycles. The first-order valence-corrected chi connectivity index (χ1v) is 8.51. The van der Waals surface area contributed by atoms with Crippen LogP contribution in [0.1, 0.15) is 39.0 Å². The fourth-order valence-electron chi connectivity index (χ4n) is 4.28. The minimum Gasteiger partial charge on any atom is -0.379 e. The summed E-state index contributed by atoms with van der Waals surface area (Å²) >= 11 is 0. The molecule has 1 aliphatic carbocycles. The molecule has 21 heavy (non-hydrogen) atoms. The van der Waals surface area contributed by atoms with Crippen LogP contribution in [-0.4, -0.2) is 62.4 Å². The van der Waals surface area contributed by atoms with Crippen molar-refractivity contribution in [2.24, 2.45) is 5.92 Å². The normalized spacial score (nSPS) is 41.7. The summed E-state index contributed by atoms with van der Waals surface area (Å²) in [7, 11) is 2.25. The third-order valence-electron chi connectivity index (χ3n) is 5.69. The molecule has 5 unspecified atom stereocenters. The molecule has 0 spiro atoms. The lowest BCUT2D eigenvalue weighted by atomic mass is 9.91. The topological polar surface area (TPSA) is 36.5 Å². The largest absolute Gasteiger partial charge is 0.379 e. The van der Waals surface area contributed by atoms with Gasteiger partial charge in [0.1, 0.15) is 0 Å². The Balaban J connectivity index is 0.00000161. The van der Waals surface area contributed by atoms with Crippen LogP contribution in [0.25, 0.3) is 0 Å². The first-order chi connectivity index (χ1) is 9.74. The number of piperidine rings is 1. The first kappa shape index (κ1) is 17.5. The molecule has 4 nitrogen and oxygen atoms in total. The molecule has 0 aromatic carbocycles. The van der Waals surface area contributed by atoms with Crippen LogP contribution in [0.15, 0.2) is 0 Å². The van der Waals surface area contributed by atoms with Crippen LogP contribution < -0.4 is 10.6 Å². The van der Waals surface area contributed by atoms with E-state index >= 15 is 0 Å². The molecule has 2 saturated heterocycles. The maximum Gasteiger partial charge on any atom is 0.0623 e. The molecule has 0 amide bonds. The number of likely N-dealkylation sites (tertiary alicyclic amines) is 1. The second kappa shape index (κ2) is 8.11. The monoisotopic (exact) mass is 317 g/mol. The summed E-state index contributed by atoms with van der Waals surface area (Å²) < 4.78 is 5.67. The number of nitrogens with one attached hydrogen (secondary N) is 2. The summed E-state index contributed by atoms with van der Waals surface area (Å²) in [5.41, 5.74) is 0. The molecule has 0 aromatic rings. The maximum atomic E-state index is 5.67. The zero-order valence-electron chi connectivity index (χ0n) is 13.5. The van der Waals surface area contributed by atoms with Gasteiger partial charge in [0.2, 0.25) is 0 Å². The van der Waals surface area contributed by atoms with E-state index in [0.717, 1.165) is 37.8 Å². The summed E-state index contributed by atoms with van der Waals surface area (Å²) in [6.45, 7) is 6.41. The molecule has 2 N–H and O–H groups in total. The van der Waals surface area contributed by atoms with Crippen molar-refractivity contribution in [3.05, 3.63) is 0 Å². The average molecular weight is 318 g/mol. The summed E-state index contributed by atoms with van der Waals surface area (Å²) in [4.78, 5) is 2.49. The molecule has 2 heterocycles. The maximum absolute atomic E-state index is 5.67. The zero-order chi connectivity index (χ0) is 13.9. The van der Waals surface area contributed by atoms with Gasteiger partial charge in [0.15, 0.2) is 0 Å². The Bertz CT molecular complexity index is 312. The van der Waals surface area contributed by atoms with Crippen LogP contribution in [0.2, 0.25) is 0 Å². The van der Waals surface area contributed by atoms with Crippen molar-refractivity contribution < 1.29 is 4.74 Å². The zero-order valence-corrected chi connectivity index (χ0v) is 14.3. The molecule has 3 aliphatic rings. The van der Waals surface area contributed by atoms with Gasteiger partial charge in [-0.05, 0) is 52.1 Å². The fourth-order valence-corrected chi connectivity index (χ4v) is 4.28. The molecular formula is C16H32ClN3O. The van der Waals surface area contributed by atoms with E-state index < -0.39 is 0 Å². The lowest BCUT2D eigenvalue weighted by Gasteiger charge is -2.39. The Kier molecular flexibility index (Phi) is 6.76. The minimum atomic E-state index is 0. The number of nitrogens with zero attached hydrogens (tertiary/aromatic N) is 1. The van der Waals surface area contributed by atoms with E-state index in [1.807, 2.05) is 0 Å². The van der Waals surface area contributed by atoms with E-state index in [9.17, 15) is 0 Å². The van der Waals surface area contributed by atoms with Gasteiger partial charge in [-0.1, -0.05) is 6.42 Å². The number of hydrogen-bond acceptors (Lipinski definition) is 4. The number of morpholine rings is 1. The van der Waals surface area contributed by atoms with Gasteiger partial charge in [0.25, 0.3) is 0 Å². The fraction of sp³-hybridized carbons (Fsp3) is 1.00. The smallest absolute Gasteiger partial charge is 0.0623 e. The molecule has 2 aliphatic heterocycles. The Morgan fingerprint density at radius 2 is 2.10 bits per heavy atom. The third kappa shape index (κ3) is 4.32. The van der Waals surface area contributed by atoms with Gasteiger partial charge in [0.05, 0.1) is 13.2 Å². The van der Waals surface area contributed by atoms with Gasteiger partial charge in [0, 0.05) is 30.7 Å². The van der Waals surface area contributed by atoms with Gasteiger partial charge in [-0.15, -0.1) is 12.4 Å². The first-order valence-electron chi connectivity index (χ1n) is 8.51. The van der Waals surface area contributed by atoms with Crippen molar-refractivity contribution in [1.82, 2.24) is 15.5 Å². The van der Waals surface area contributed by atoms with Crippen molar-refractivity contribution >= 4 is 12.4 Å². The highest BCUT2D eigenvalue weighted by molar-refractivity contribution is 5.85. The van der Waals surface area contributed by atoms with Gasteiger partial charge in [-0.25, -0.2) is 0 Å². The molecular weight excluding hydrogens is 286 g/mol. The van der Waals surface area contributed by atoms with Crippen molar-refractivity contribution in [3.8, 4) is 0 Å². The lowest BCUT2D eigenvalue weighted by molar-refractivity contribution is 0.0501. The van der Waals surface area contributed by atoms with Crippen molar-refractivity contribution in [2.75, 3.05) is 33.4 Å². The van der Waals surface area contributed by atoms with Crippen LogP contribution >= 0.6 is 12.4 Å². The predicted octanol–water partition coefficient (Wildman–Crippen LogP) is 1.64. The van der Waals surface area contributed by atoms with E-state index in [1.54, 1.807) is 0 Å². The molecule has 0 aromatic heterocycles. The Hall–Kier alpha value is 0.130. The summed E-state index contributed by atoms with van der Waals surface area (Å²) in [5, 5.41) is 7.66. The van der Waals surface area contributed by atoms with E-state index in [4.69, 9.17) is 4.74 Å². The molecule has 0 bridgehead atoms. The van der Waals surface area contributed by atoms with Gasteiger partial charge in [-0.2, -0.15) is 0 Å². The third-order valence-corrected chi connectivity index (χ3v) is 5.69. The number of hydrogen-bond donors (Lipinski definition) is 2. The van der Waals surface area contributed by atoms with Crippen LogP contribution in [0.4, 0.5) is 0 Å². The minimum absolute atomic E-state index is 0. The Morgan fingerprint density at radius 1 is 1.24 bits per heavy atom. The van der Waals surface area contributed by atoms with Crippen LogP contribution in [0, 0.1) is 5.92 Å². The highest BCUT2D eigenvalue weighted by atomic mass is 35.5. The summed E-state index contributed by atoms with van der Waals surface area (Å²) in [5.74, 6) is 0.769. The van der Waals surface area contributed by atoms with Crippen molar-refractivity contribution in [1.29, 1.82) is 0 Å². The van der Waals surface area contributed by atoms with Gasteiger partial charge >= 0.3 is 0 Å². The number of ether oxygens (including phenoxy) is 1.